The molecule has 0 fully saturated rings. The van der Waals surface area contributed by atoms with Crippen LogP contribution in [-0.4, -0.2) is 46.8 Å². The number of carbonyl (C=O) groups is 1. The molecule has 2 aromatic carbocycles. The Balaban J connectivity index is 1.67. The van der Waals surface area contributed by atoms with Crippen LogP contribution in [0.4, 0.5) is 11.6 Å². The van der Waals surface area contributed by atoms with Gasteiger partial charge in [0.05, 0.1) is 26.3 Å². The number of nitrogens with one attached hydrogen (secondary N) is 1. The van der Waals surface area contributed by atoms with Gasteiger partial charge in [-0.15, -0.1) is 5.10 Å². The minimum atomic E-state index is -0.568. The summed E-state index contributed by atoms with van der Waals surface area (Å²) in [6.07, 6.45) is 1.90. The first-order valence-corrected chi connectivity index (χ1v) is 11.0. The number of non-ortho nitro benzene ring substituents is 1. The normalized spacial score (nSPS) is 16.8. The Morgan fingerprint density at radius 2 is 1.74 bits per heavy atom. The van der Waals surface area contributed by atoms with Crippen molar-refractivity contribution < 1.29 is 23.9 Å². The molecule has 2 aliphatic rings. The Morgan fingerprint density at radius 1 is 1.06 bits per heavy atom. The van der Waals surface area contributed by atoms with E-state index in [2.05, 4.69) is 10.3 Å². The molecule has 11 heteroatoms. The van der Waals surface area contributed by atoms with Crippen LogP contribution in [0.1, 0.15) is 30.9 Å². The Hall–Kier alpha value is -4.41. The largest absolute Gasteiger partial charge is 0.493 e. The first-order valence-electron chi connectivity index (χ1n) is 11.0. The van der Waals surface area contributed by atoms with E-state index in [4.69, 9.17) is 19.3 Å². The Labute approximate surface area is 200 Å². The lowest BCUT2D eigenvalue weighted by molar-refractivity contribution is -0.384. The lowest BCUT2D eigenvalue weighted by atomic mass is 9.85. The van der Waals surface area contributed by atoms with Crippen LogP contribution in [0.15, 0.2) is 47.7 Å². The SMILES string of the molecule is COc1cc(C2C3=C(CCCC3=O)Nc3nc(-c4ccc([N+](=O)[O-])cc4)nn32)cc(OC)c1OC. The fraction of sp³-hybridized carbons (Fsp3) is 0.292. The van der Waals surface area contributed by atoms with Crippen LogP contribution in [0, 0.1) is 10.1 Å². The van der Waals surface area contributed by atoms with Gasteiger partial charge in [-0.05, 0) is 42.7 Å². The van der Waals surface area contributed by atoms with Gasteiger partial charge in [0.15, 0.2) is 23.1 Å². The number of nitro groups is 1. The second-order valence-corrected chi connectivity index (χ2v) is 8.16. The van der Waals surface area contributed by atoms with Gasteiger partial charge in [0.1, 0.15) is 6.04 Å². The summed E-state index contributed by atoms with van der Waals surface area (Å²) in [5.74, 6) is 2.27. The van der Waals surface area contributed by atoms with Crippen molar-refractivity contribution in [2.24, 2.45) is 0 Å². The van der Waals surface area contributed by atoms with Crippen molar-refractivity contribution in [1.82, 2.24) is 14.8 Å². The van der Waals surface area contributed by atoms with Gasteiger partial charge in [-0.2, -0.15) is 4.98 Å². The van der Waals surface area contributed by atoms with Gasteiger partial charge in [0, 0.05) is 35.4 Å². The molecule has 3 aromatic rings. The summed E-state index contributed by atoms with van der Waals surface area (Å²) in [6.45, 7) is 0. The molecule has 0 saturated heterocycles. The molecule has 0 saturated carbocycles. The molecule has 1 N–H and O–H groups in total. The minimum absolute atomic E-state index is 0.0196. The molecule has 1 aliphatic heterocycles. The number of rotatable bonds is 6. The zero-order valence-electron chi connectivity index (χ0n) is 19.4. The van der Waals surface area contributed by atoms with Crippen LogP contribution in [-0.2, 0) is 4.79 Å². The van der Waals surface area contributed by atoms with Crippen molar-refractivity contribution in [3.05, 3.63) is 63.3 Å². The molecule has 2 heterocycles. The highest BCUT2D eigenvalue weighted by molar-refractivity contribution is 5.99. The Kier molecular flexibility index (Phi) is 5.59. The molecule has 0 bridgehead atoms. The topological polar surface area (TPSA) is 131 Å². The average Bonchev–Trinajstić information content (AvgIpc) is 3.30. The molecular formula is C24H23N5O6. The van der Waals surface area contributed by atoms with E-state index in [1.54, 1.807) is 28.9 Å². The number of anilines is 1. The molecule has 1 aromatic heterocycles. The molecule has 1 atom stereocenters. The molecular weight excluding hydrogens is 454 g/mol. The summed E-state index contributed by atoms with van der Waals surface area (Å²) in [4.78, 5) is 28.3. The molecule has 11 nitrogen and oxygen atoms in total. The highest BCUT2D eigenvalue weighted by Crippen LogP contribution is 2.45. The fourth-order valence-corrected chi connectivity index (χ4v) is 4.58. The van der Waals surface area contributed by atoms with Crippen LogP contribution in [0.5, 0.6) is 17.2 Å². The molecule has 0 spiro atoms. The van der Waals surface area contributed by atoms with Crippen LogP contribution in [0.2, 0.25) is 0 Å². The minimum Gasteiger partial charge on any atom is -0.493 e. The first kappa shape index (κ1) is 22.4. The number of ketones is 1. The third kappa shape index (κ3) is 3.74. The van der Waals surface area contributed by atoms with Crippen molar-refractivity contribution in [3.8, 4) is 28.6 Å². The number of nitro benzene ring substituents is 1. The number of benzene rings is 2. The van der Waals surface area contributed by atoms with Crippen molar-refractivity contribution >= 4 is 17.4 Å². The summed E-state index contributed by atoms with van der Waals surface area (Å²) >= 11 is 0. The van der Waals surface area contributed by atoms with Crippen molar-refractivity contribution in [2.75, 3.05) is 26.6 Å². The summed E-state index contributed by atoms with van der Waals surface area (Å²) in [7, 11) is 4.60. The molecule has 0 amide bonds. The maximum atomic E-state index is 13.1. The third-order valence-corrected chi connectivity index (χ3v) is 6.21. The van der Waals surface area contributed by atoms with Gasteiger partial charge >= 0.3 is 0 Å². The van der Waals surface area contributed by atoms with E-state index in [-0.39, 0.29) is 11.5 Å². The lowest BCUT2D eigenvalue weighted by Gasteiger charge is -2.32. The quantitative estimate of drug-likeness (QED) is 0.415. The van der Waals surface area contributed by atoms with Crippen LogP contribution >= 0.6 is 0 Å². The van der Waals surface area contributed by atoms with E-state index in [1.165, 1.54) is 33.5 Å². The van der Waals surface area contributed by atoms with Crippen LogP contribution < -0.4 is 19.5 Å². The van der Waals surface area contributed by atoms with E-state index in [0.717, 1.165) is 17.7 Å². The van der Waals surface area contributed by atoms with Crippen molar-refractivity contribution in [2.45, 2.75) is 25.3 Å². The maximum absolute atomic E-state index is 13.1. The number of hydrogen-bond acceptors (Lipinski definition) is 9. The van der Waals surface area contributed by atoms with Gasteiger partial charge in [0.25, 0.3) is 5.69 Å². The van der Waals surface area contributed by atoms with Crippen LogP contribution in [0.25, 0.3) is 11.4 Å². The average molecular weight is 477 g/mol. The number of fused-ring (bicyclic) bond motifs is 1. The standard InChI is InChI=1S/C24H23N5O6/c1-33-18-11-14(12-19(34-2)22(18)35-3)21-20-16(5-4-6-17(20)30)25-24-26-23(27-28(21)24)13-7-9-15(10-8-13)29(31)32/h7-12,21H,4-6H2,1-3H3,(H,25,26,27). The second kappa shape index (κ2) is 8.75. The molecule has 0 radical (unpaired) electrons. The number of hydrogen-bond donors (Lipinski definition) is 1. The Morgan fingerprint density at radius 3 is 2.34 bits per heavy atom. The zero-order valence-corrected chi connectivity index (χ0v) is 19.4. The van der Waals surface area contributed by atoms with Gasteiger partial charge < -0.3 is 19.5 Å². The van der Waals surface area contributed by atoms with E-state index >= 15 is 0 Å². The van der Waals surface area contributed by atoms with Gasteiger partial charge in [0.2, 0.25) is 11.7 Å². The van der Waals surface area contributed by atoms with E-state index in [9.17, 15) is 14.9 Å². The third-order valence-electron chi connectivity index (χ3n) is 6.21. The Bertz CT molecular complexity index is 1340. The second-order valence-electron chi connectivity index (χ2n) is 8.16. The van der Waals surface area contributed by atoms with E-state index < -0.39 is 11.0 Å². The van der Waals surface area contributed by atoms with Crippen molar-refractivity contribution in [3.63, 3.8) is 0 Å². The van der Waals surface area contributed by atoms with Gasteiger partial charge in [-0.25, -0.2) is 4.68 Å². The molecule has 180 valence electrons. The molecule has 35 heavy (non-hydrogen) atoms. The smallest absolute Gasteiger partial charge is 0.269 e. The van der Waals surface area contributed by atoms with Crippen molar-refractivity contribution in [1.29, 1.82) is 0 Å². The number of allylic oxidation sites excluding steroid dienone is 2. The highest BCUT2D eigenvalue weighted by atomic mass is 16.6. The number of Topliss-reactive ketones (excluding diaryl/α,β-unsaturated/α-hetero) is 1. The molecule has 1 unspecified atom stereocenters. The first-order chi connectivity index (χ1) is 16.9. The lowest BCUT2D eigenvalue weighted by Crippen LogP contribution is -2.31. The number of carbonyl (C=O) groups excluding carboxylic acids is 1. The highest BCUT2D eigenvalue weighted by Gasteiger charge is 2.38. The predicted molar refractivity (Wildman–Crippen MR) is 126 cm³/mol. The fourth-order valence-electron chi connectivity index (χ4n) is 4.58. The summed E-state index contributed by atoms with van der Waals surface area (Å²) in [5.41, 5.74) is 2.76. The monoisotopic (exact) mass is 477 g/mol. The van der Waals surface area contributed by atoms with Gasteiger partial charge in [-0.1, -0.05) is 0 Å². The summed E-state index contributed by atoms with van der Waals surface area (Å²) in [5, 5.41) is 19.0. The summed E-state index contributed by atoms with van der Waals surface area (Å²) in [6, 6.07) is 9.07. The number of nitrogens with zero attached hydrogens (tertiary/aromatic N) is 4. The molecule has 1 aliphatic carbocycles. The number of ether oxygens (including phenoxy) is 3. The zero-order chi connectivity index (χ0) is 24.7. The predicted octanol–water partition coefficient (Wildman–Crippen LogP) is 3.90. The number of methoxy groups -OCH3 is 3. The van der Waals surface area contributed by atoms with E-state index in [0.29, 0.717) is 53.0 Å². The molecule has 5 rings (SSSR count). The number of aromatic nitrogens is 3. The van der Waals surface area contributed by atoms with Gasteiger partial charge in [-0.3, -0.25) is 14.9 Å². The maximum Gasteiger partial charge on any atom is 0.269 e. The van der Waals surface area contributed by atoms with E-state index in [1.807, 2.05) is 0 Å². The summed E-state index contributed by atoms with van der Waals surface area (Å²) < 4.78 is 18.2. The van der Waals surface area contributed by atoms with Crippen LogP contribution in [0.3, 0.4) is 0 Å².